The fraction of sp³-hybridized carbons (Fsp3) is 0.286. The molecule has 126 valence electrons. The molecule has 1 aliphatic heterocycles. The molecule has 2 aromatic carbocycles. The molecule has 0 spiro atoms. The largest absolute Gasteiger partial charge is 0.339 e. The van der Waals surface area contributed by atoms with Crippen LogP contribution in [0.5, 0.6) is 0 Å². The van der Waals surface area contributed by atoms with Crippen LogP contribution in [0.1, 0.15) is 56.2 Å². The number of carbonyl (C=O) groups is 2. The number of aldehydes is 1. The SMILES string of the molecule is Cc1ccc(C(=O)N2CCC(c3ccccc3C#N)CC2)cc1C=O. The van der Waals surface area contributed by atoms with Crippen molar-refractivity contribution in [3.05, 3.63) is 70.3 Å². The standard InChI is InChI=1S/C21H20N2O2/c1-15-6-7-17(12-19(15)14-24)21(25)23-10-8-16(9-11-23)20-5-3-2-4-18(20)13-22/h2-7,12,14,16H,8-11H2,1H3. The van der Waals surface area contributed by atoms with Crippen LogP contribution in [0.15, 0.2) is 42.5 Å². The van der Waals surface area contributed by atoms with Crippen LogP contribution in [0.25, 0.3) is 0 Å². The van der Waals surface area contributed by atoms with E-state index in [9.17, 15) is 14.9 Å². The number of amides is 1. The number of carbonyl (C=O) groups excluding carboxylic acids is 2. The summed E-state index contributed by atoms with van der Waals surface area (Å²) >= 11 is 0. The molecule has 4 heteroatoms. The van der Waals surface area contributed by atoms with Gasteiger partial charge >= 0.3 is 0 Å². The highest BCUT2D eigenvalue weighted by molar-refractivity contribution is 5.96. The molecular formula is C21H20N2O2. The average molecular weight is 332 g/mol. The monoisotopic (exact) mass is 332 g/mol. The topological polar surface area (TPSA) is 61.2 Å². The van der Waals surface area contributed by atoms with Crippen LogP contribution >= 0.6 is 0 Å². The first-order valence-electron chi connectivity index (χ1n) is 8.48. The molecule has 1 saturated heterocycles. The lowest BCUT2D eigenvalue weighted by Crippen LogP contribution is -2.38. The summed E-state index contributed by atoms with van der Waals surface area (Å²) in [6.45, 7) is 3.18. The summed E-state index contributed by atoms with van der Waals surface area (Å²) in [5.41, 5.74) is 3.79. The summed E-state index contributed by atoms with van der Waals surface area (Å²) in [5.74, 6) is 0.276. The third kappa shape index (κ3) is 3.46. The molecule has 1 fully saturated rings. The lowest BCUT2D eigenvalue weighted by Gasteiger charge is -2.32. The quantitative estimate of drug-likeness (QED) is 0.805. The van der Waals surface area contributed by atoms with Gasteiger partial charge in [-0.2, -0.15) is 5.26 Å². The smallest absolute Gasteiger partial charge is 0.253 e. The molecule has 0 aliphatic carbocycles. The Kier molecular flexibility index (Phi) is 4.95. The Labute approximate surface area is 147 Å². The lowest BCUT2D eigenvalue weighted by atomic mass is 9.86. The molecule has 0 aromatic heterocycles. The first-order chi connectivity index (χ1) is 12.1. The van der Waals surface area contributed by atoms with Gasteiger partial charge in [-0.3, -0.25) is 9.59 Å². The number of nitrogens with zero attached hydrogens (tertiary/aromatic N) is 2. The summed E-state index contributed by atoms with van der Waals surface area (Å²) in [7, 11) is 0. The van der Waals surface area contributed by atoms with Gasteiger partial charge in [-0.05, 0) is 55.0 Å². The van der Waals surface area contributed by atoms with Crippen molar-refractivity contribution in [1.29, 1.82) is 5.26 Å². The van der Waals surface area contributed by atoms with E-state index in [0.29, 0.717) is 30.1 Å². The van der Waals surface area contributed by atoms with Crippen molar-refractivity contribution in [2.45, 2.75) is 25.7 Å². The first-order valence-corrected chi connectivity index (χ1v) is 8.48. The Morgan fingerprint density at radius 3 is 2.60 bits per heavy atom. The molecule has 2 aromatic rings. The van der Waals surface area contributed by atoms with Crippen LogP contribution in [-0.4, -0.2) is 30.2 Å². The van der Waals surface area contributed by atoms with Crippen molar-refractivity contribution >= 4 is 12.2 Å². The number of benzene rings is 2. The van der Waals surface area contributed by atoms with E-state index in [4.69, 9.17) is 0 Å². The Hall–Kier alpha value is -2.93. The normalized spacial score (nSPS) is 14.8. The van der Waals surface area contributed by atoms with E-state index in [1.807, 2.05) is 42.2 Å². The highest BCUT2D eigenvalue weighted by Gasteiger charge is 2.26. The molecule has 1 aliphatic rings. The minimum absolute atomic E-state index is 0.0323. The van der Waals surface area contributed by atoms with Gasteiger partial charge in [0.15, 0.2) is 0 Å². The van der Waals surface area contributed by atoms with E-state index in [-0.39, 0.29) is 5.91 Å². The van der Waals surface area contributed by atoms with Crippen molar-refractivity contribution in [3.8, 4) is 6.07 Å². The summed E-state index contributed by atoms with van der Waals surface area (Å²) < 4.78 is 0. The first kappa shape index (κ1) is 16.9. The molecular weight excluding hydrogens is 312 g/mol. The molecule has 0 atom stereocenters. The van der Waals surface area contributed by atoms with Gasteiger partial charge in [0.05, 0.1) is 11.6 Å². The van der Waals surface area contributed by atoms with E-state index in [0.717, 1.165) is 35.8 Å². The fourth-order valence-corrected chi connectivity index (χ4v) is 3.43. The molecule has 0 bridgehead atoms. The zero-order chi connectivity index (χ0) is 17.8. The van der Waals surface area contributed by atoms with Gasteiger partial charge in [-0.1, -0.05) is 24.3 Å². The zero-order valence-corrected chi connectivity index (χ0v) is 14.2. The minimum atomic E-state index is -0.0323. The van der Waals surface area contributed by atoms with Gasteiger partial charge < -0.3 is 4.90 Å². The maximum absolute atomic E-state index is 12.7. The summed E-state index contributed by atoms with van der Waals surface area (Å²) in [6, 6.07) is 15.2. The zero-order valence-electron chi connectivity index (χ0n) is 14.2. The summed E-state index contributed by atoms with van der Waals surface area (Å²) in [5, 5.41) is 9.27. The maximum Gasteiger partial charge on any atom is 0.253 e. The Balaban J connectivity index is 1.71. The molecule has 0 radical (unpaired) electrons. The number of piperidine rings is 1. The van der Waals surface area contributed by atoms with Crippen LogP contribution < -0.4 is 0 Å². The molecule has 1 amide bonds. The number of hydrogen-bond acceptors (Lipinski definition) is 3. The van der Waals surface area contributed by atoms with Crippen molar-refractivity contribution in [2.75, 3.05) is 13.1 Å². The van der Waals surface area contributed by atoms with E-state index >= 15 is 0 Å². The third-order valence-electron chi connectivity index (χ3n) is 4.96. The van der Waals surface area contributed by atoms with Gasteiger partial charge in [0, 0.05) is 24.2 Å². The maximum atomic E-state index is 12.7. The van der Waals surface area contributed by atoms with Gasteiger partial charge in [0.25, 0.3) is 5.91 Å². The number of hydrogen-bond donors (Lipinski definition) is 0. The molecule has 4 nitrogen and oxygen atoms in total. The molecule has 25 heavy (non-hydrogen) atoms. The second kappa shape index (κ2) is 7.31. The van der Waals surface area contributed by atoms with Crippen LogP contribution in [0.2, 0.25) is 0 Å². The molecule has 1 heterocycles. The van der Waals surface area contributed by atoms with E-state index < -0.39 is 0 Å². The van der Waals surface area contributed by atoms with Gasteiger partial charge in [0.1, 0.15) is 6.29 Å². The molecule has 3 rings (SSSR count). The molecule has 0 N–H and O–H groups in total. The number of aryl methyl sites for hydroxylation is 1. The van der Waals surface area contributed by atoms with Crippen LogP contribution in [0.4, 0.5) is 0 Å². The Morgan fingerprint density at radius 1 is 1.20 bits per heavy atom. The van der Waals surface area contributed by atoms with Gasteiger partial charge in [0.2, 0.25) is 0 Å². The molecule has 0 unspecified atom stereocenters. The minimum Gasteiger partial charge on any atom is -0.339 e. The van der Waals surface area contributed by atoms with E-state index in [1.54, 1.807) is 12.1 Å². The second-order valence-corrected chi connectivity index (χ2v) is 6.45. The fourth-order valence-electron chi connectivity index (χ4n) is 3.43. The van der Waals surface area contributed by atoms with Crippen molar-refractivity contribution < 1.29 is 9.59 Å². The van der Waals surface area contributed by atoms with Crippen LogP contribution in [0, 0.1) is 18.3 Å². The van der Waals surface area contributed by atoms with Crippen molar-refractivity contribution in [1.82, 2.24) is 4.90 Å². The number of likely N-dealkylation sites (tertiary alicyclic amines) is 1. The van der Waals surface area contributed by atoms with E-state index in [2.05, 4.69) is 6.07 Å². The predicted octanol–water partition coefficient (Wildman–Crippen LogP) is 3.70. The average Bonchev–Trinajstić information content (AvgIpc) is 2.68. The second-order valence-electron chi connectivity index (χ2n) is 6.45. The van der Waals surface area contributed by atoms with E-state index in [1.165, 1.54) is 0 Å². The highest BCUT2D eigenvalue weighted by atomic mass is 16.2. The van der Waals surface area contributed by atoms with Crippen molar-refractivity contribution in [2.24, 2.45) is 0 Å². The highest BCUT2D eigenvalue weighted by Crippen LogP contribution is 2.30. The Bertz CT molecular complexity index is 843. The summed E-state index contributed by atoms with van der Waals surface area (Å²) in [4.78, 5) is 25.6. The van der Waals surface area contributed by atoms with Gasteiger partial charge in [-0.15, -0.1) is 0 Å². The molecule has 0 saturated carbocycles. The third-order valence-corrected chi connectivity index (χ3v) is 4.96. The predicted molar refractivity (Wildman–Crippen MR) is 95.6 cm³/mol. The van der Waals surface area contributed by atoms with Crippen LogP contribution in [0.3, 0.4) is 0 Å². The van der Waals surface area contributed by atoms with Gasteiger partial charge in [-0.25, -0.2) is 0 Å². The number of nitriles is 1. The number of rotatable bonds is 3. The Morgan fingerprint density at radius 2 is 1.92 bits per heavy atom. The van der Waals surface area contributed by atoms with Crippen molar-refractivity contribution in [3.63, 3.8) is 0 Å². The summed E-state index contributed by atoms with van der Waals surface area (Å²) in [6.07, 6.45) is 2.48. The lowest BCUT2D eigenvalue weighted by molar-refractivity contribution is 0.0713. The van der Waals surface area contributed by atoms with Crippen LogP contribution in [-0.2, 0) is 0 Å².